The van der Waals surface area contributed by atoms with Crippen molar-refractivity contribution in [1.29, 1.82) is 0 Å². The number of nitrogens with one attached hydrogen (secondary N) is 1. The Hall–Kier alpha value is -1.20. The van der Waals surface area contributed by atoms with Gasteiger partial charge < -0.3 is 15.8 Å². The quantitative estimate of drug-likeness (QED) is 0.784. The molecule has 1 aromatic rings. The normalized spacial score (nSPS) is 28.6. The van der Waals surface area contributed by atoms with Gasteiger partial charge in [-0.3, -0.25) is 4.98 Å². The zero-order valence-corrected chi connectivity index (χ0v) is 9.68. The number of aromatic nitrogens is 2. The van der Waals surface area contributed by atoms with Crippen molar-refractivity contribution in [1.82, 2.24) is 9.97 Å². The molecule has 3 atom stereocenters. The van der Waals surface area contributed by atoms with Gasteiger partial charge in [-0.05, 0) is 20.3 Å². The van der Waals surface area contributed by atoms with Gasteiger partial charge in [0.15, 0.2) is 0 Å². The van der Waals surface area contributed by atoms with E-state index in [2.05, 4.69) is 15.3 Å². The number of hydrogen-bond donors (Lipinski definition) is 2. The summed E-state index contributed by atoms with van der Waals surface area (Å²) in [6.07, 6.45) is 4.46. The molecule has 88 valence electrons. The van der Waals surface area contributed by atoms with Crippen LogP contribution in [0.5, 0.6) is 0 Å². The molecule has 0 aromatic carbocycles. The van der Waals surface area contributed by atoms with Crippen molar-refractivity contribution >= 4 is 5.82 Å². The smallest absolute Gasteiger partial charge is 0.147 e. The number of ether oxygens (including phenoxy) is 1. The first-order valence-electron chi connectivity index (χ1n) is 5.63. The van der Waals surface area contributed by atoms with Crippen LogP contribution in [0.1, 0.15) is 19.0 Å². The maximum absolute atomic E-state index is 5.95. The predicted molar refractivity (Wildman–Crippen MR) is 62.2 cm³/mol. The van der Waals surface area contributed by atoms with E-state index in [1.807, 2.05) is 13.8 Å². The van der Waals surface area contributed by atoms with Gasteiger partial charge in [-0.2, -0.15) is 0 Å². The van der Waals surface area contributed by atoms with Crippen LogP contribution in [0.25, 0.3) is 0 Å². The summed E-state index contributed by atoms with van der Waals surface area (Å²) in [5.41, 5.74) is 6.84. The van der Waals surface area contributed by atoms with Crippen LogP contribution in [0, 0.1) is 6.92 Å². The second-order valence-corrected chi connectivity index (χ2v) is 4.05. The lowest BCUT2D eigenvalue weighted by molar-refractivity contribution is -0.0127. The molecule has 0 bridgehead atoms. The van der Waals surface area contributed by atoms with Gasteiger partial charge in [0.1, 0.15) is 5.82 Å². The van der Waals surface area contributed by atoms with Crippen LogP contribution in [0.3, 0.4) is 0 Å². The van der Waals surface area contributed by atoms with Crippen molar-refractivity contribution in [3.63, 3.8) is 0 Å². The molecule has 16 heavy (non-hydrogen) atoms. The Labute approximate surface area is 95.4 Å². The number of aryl methyl sites for hydroxylation is 1. The Balaban J connectivity index is 2.01. The maximum Gasteiger partial charge on any atom is 0.147 e. The van der Waals surface area contributed by atoms with E-state index in [1.165, 1.54) is 0 Å². The molecular formula is C11H18N4O. The third-order valence-corrected chi connectivity index (χ3v) is 2.93. The van der Waals surface area contributed by atoms with Gasteiger partial charge in [0.25, 0.3) is 0 Å². The third kappa shape index (κ3) is 2.15. The molecule has 0 radical (unpaired) electrons. The van der Waals surface area contributed by atoms with Crippen molar-refractivity contribution in [2.24, 2.45) is 5.73 Å². The molecule has 1 aliphatic carbocycles. The molecule has 1 aromatic heterocycles. The minimum atomic E-state index is 0.137. The summed E-state index contributed by atoms with van der Waals surface area (Å²) in [4.78, 5) is 8.42. The monoisotopic (exact) mass is 222 g/mol. The largest absolute Gasteiger partial charge is 0.376 e. The van der Waals surface area contributed by atoms with Crippen LogP contribution in [0.15, 0.2) is 12.4 Å². The highest BCUT2D eigenvalue weighted by Crippen LogP contribution is 2.26. The minimum absolute atomic E-state index is 0.137. The van der Waals surface area contributed by atoms with Gasteiger partial charge in [0.2, 0.25) is 0 Å². The molecule has 1 aliphatic rings. The number of nitrogens with zero attached hydrogens (tertiary/aromatic N) is 2. The predicted octanol–water partition coefficient (Wildman–Crippen LogP) is 0.702. The first-order valence-corrected chi connectivity index (χ1v) is 5.63. The van der Waals surface area contributed by atoms with E-state index in [0.717, 1.165) is 24.5 Å². The summed E-state index contributed by atoms with van der Waals surface area (Å²) in [5, 5.41) is 3.31. The first-order chi connectivity index (χ1) is 7.72. The van der Waals surface area contributed by atoms with Crippen molar-refractivity contribution in [3.05, 3.63) is 18.1 Å². The average molecular weight is 222 g/mol. The maximum atomic E-state index is 5.95. The van der Waals surface area contributed by atoms with Gasteiger partial charge in [-0.15, -0.1) is 0 Å². The van der Waals surface area contributed by atoms with Crippen LogP contribution >= 0.6 is 0 Å². The van der Waals surface area contributed by atoms with Crippen molar-refractivity contribution in [2.75, 3.05) is 11.9 Å². The summed E-state index contributed by atoms with van der Waals surface area (Å²) in [7, 11) is 0. The molecule has 5 heteroatoms. The second-order valence-electron chi connectivity index (χ2n) is 4.05. The average Bonchev–Trinajstić information content (AvgIpc) is 2.28. The molecule has 3 unspecified atom stereocenters. The lowest BCUT2D eigenvalue weighted by Crippen LogP contribution is -2.60. The van der Waals surface area contributed by atoms with Gasteiger partial charge in [-0.1, -0.05) is 0 Å². The second kappa shape index (κ2) is 4.76. The molecule has 0 aliphatic heterocycles. The molecule has 1 heterocycles. The van der Waals surface area contributed by atoms with Gasteiger partial charge in [-0.25, -0.2) is 4.98 Å². The number of nitrogens with two attached hydrogens (primary N) is 1. The van der Waals surface area contributed by atoms with E-state index in [0.29, 0.717) is 0 Å². The van der Waals surface area contributed by atoms with Gasteiger partial charge in [0, 0.05) is 25.0 Å². The van der Waals surface area contributed by atoms with Gasteiger partial charge >= 0.3 is 0 Å². The van der Waals surface area contributed by atoms with Crippen LogP contribution in [0.4, 0.5) is 5.82 Å². The van der Waals surface area contributed by atoms with Crippen LogP contribution in [-0.4, -0.2) is 34.8 Å². The zero-order valence-electron chi connectivity index (χ0n) is 9.68. The summed E-state index contributed by atoms with van der Waals surface area (Å²) >= 11 is 0. The molecule has 2 rings (SSSR count). The Morgan fingerprint density at radius 2 is 2.25 bits per heavy atom. The molecule has 0 saturated heterocycles. The molecule has 0 spiro atoms. The molecule has 3 N–H and O–H groups in total. The van der Waals surface area contributed by atoms with E-state index in [9.17, 15) is 0 Å². The van der Waals surface area contributed by atoms with Crippen LogP contribution in [0.2, 0.25) is 0 Å². The summed E-state index contributed by atoms with van der Waals surface area (Å²) in [6.45, 7) is 4.64. The number of hydrogen-bond acceptors (Lipinski definition) is 5. The van der Waals surface area contributed by atoms with Crippen LogP contribution < -0.4 is 11.1 Å². The summed E-state index contributed by atoms with van der Waals surface area (Å²) in [5.74, 6) is 0.798. The molecule has 5 nitrogen and oxygen atoms in total. The SMILES string of the molecule is CCOC1CC(N)C1Nc1nccnc1C. The van der Waals surface area contributed by atoms with Crippen molar-refractivity contribution in [3.8, 4) is 0 Å². The Bertz CT molecular complexity index is 356. The standard InChI is InChI=1S/C11H18N4O/c1-3-16-9-6-8(12)10(9)15-11-7(2)13-4-5-14-11/h4-5,8-10H,3,6,12H2,1-2H3,(H,14,15). The molecular weight excluding hydrogens is 204 g/mol. The number of rotatable bonds is 4. The van der Waals surface area contributed by atoms with Crippen molar-refractivity contribution in [2.45, 2.75) is 38.5 Å². The lowest BCUT2D eigenvalue weighted by atomic mass is 9.83. The zero-order chi connectivity index (χ0) is 11.5. The highest BCUT2D eigenvalue weighted by molar-refractivity contribution is 5.41. The fourth-order valence-corrected chi connectivity index (χ4v) is 1.93. The fraction of sp³-hybridized carbons (Fsp3) is 0.636. The van der Waals surface area contributed by atoms with E-state index in [1.54, 1.807) is 12.4 Å². The summed E-state index contributed by atoms with van der Waals surface area (Å²) < 4.78 is 5.58. The van der Waals surface area contributed by atoms with E-state index < -0.39 is 0 Å². The van der Waals surface area contributed by atoms with Crippen molar-refractivity contribution < 1.29 is 4.74 Å². The Morgan fingerprint density at radius 1 is 1.50 bits per heavy atom. The lowest BCUT2D eigenvalue weighted by Gasteiger charge is -2.42. The Morgan fingerprint density at radius 3 is 2.88 bits per heavy atom. The molecule has 1 saturated carbocycles. The van der Waals surface area contributed by atoms with E-state index in [4.69, 9.17) is 10.5 Å². The highest BCUT2D eigenvalue weighted by Gasteiger charge is 2.39. The van der Waals surface area contributed by atoms with Gasteiger partial charge in [0.05, 0.1) is 17.8 Å². The fourth-order valence-electron chi connectivity index (χ4n) is 1.93. The topological polar surface area (TPSA) is 73.1 Å². The minimum Gasteiger partial charge on any atom is -0.376 e. The van der Waals surface area contributed by atoms with Crippen LogP contribution in [-0.2, 0) is 4.74 Å². The molecule has 0 amide bonds. The third-order valence-electron chi connectivity index (χ3n) is 2.93. The Kier molecular flexibility index (Phi) is 3.36. The van der Waals surface area contributed by atoms with E-state index in [-0.39, 0.29) is 18.2 Å². The van der Waals surface area contributed by atoms with E-state index >= 15 is 0 Å². The summed E-state index contributed by atoms with van der Waals surface area (Å²) in [6, 6.07) is 0.285. The molecule has 1 fully saturated rings. The first kappa shape index (κ1) is 11.3. The highest BCUT2D eigenvalue weighted by atomic mass is 16.5. The number of anilines is 1.